The van der Waals surface area contributed by atoms with Crippen LogP contribution >= 0.6 is 0 Å². The predicted molar refractivity (Wildman–Crippen MR) is 54.9 cm³/mol. The van der Waals surface area contributed by atoms with Crippen LogP contribution < -0.4 is 5.73 Å². The van der Waals surface area contributed by atoms with Gasteiger partial charge in [0.1, 0.15) is 0 Å². The zero-order valence-electron chi connectivity index (χ0n) is 9.57. The number of tetrazole rings is 1. The smallest absolute Gasteiger partial charge is 0.181 e. The third-order valence-corrected chi connectivity index (χ3v) is 2.13. The number of nitrogens with zero attached hydrogens (tertiary/aromatic N) is 4. The molecule has 2 N–H and O–H groups in total. The number of rotatable bonds is 2. The van der Waals surface area contributed by atoms with E-state index in [2.05, 4.69) is 15.4 Å². The normalized spacial score (nSPS) is 13.3. The Morgan fingerprint density at radius 3 is 2.14 bits per heavy atom. The van der Waals surface area contributed by atoms with E-state index in [0.717, 1.165) is 0 Å². The molecule has 1 aromatic rings. The lowest BCUT2D eigenvalue weighted by molar-refractivity contribution is 0.303. The van der Waals surface area contributed by atoms with Gasteiger partial charge >= 0.3 is 0 Å². The standard InChI is InChI=1S/C9H19N5/c1-8(2,3)14-12-7(11-13-14)9(4,5)6-10/h6,10H2,1-5H3. The molecule has 0 radical (unpaired) electrons. The van der Waals surface area contributed by atoms with Gasteiger partial charge in [-0.15, -0.1) is 10.2 Å². The van der Waals surface area contributed by atoms with Crippen molar-refractivity contribution in [2.45, 2.75) is 45.6 Å². The Balaban J connectivity index is 3.00. The van der Waals surface area contributed by atoms with Crippen LogP contribution in [-0.4, -0.2) is 26.8 Å². The highest BCUT2D eigenvalue weighted by Crippen LogP contribution is 2.18. The Hall–Kier alpha value is -0.970. The largest absolute Gasteiger partial charge is 0.329 e. The highest BCUT2D eigenvalue weighted by molar-refractivity contribution is 5.00. The van der Waals surface area contributed by atoms with Crippen LogP contribution in [0.4, 0.5) is 0 Å². The van der Waals surface area contributed by atoms with Gasteiger partial charge in [-0.3, -0.25) is 0 Å². The molecule has 0 bridgehead atoms. The molecule has 0 atom stereocenters. The molecular weight excluding hydrogens is 178 g/mol. The molecule has 1 aromatic heterocycles. The van der Waals surface area contributed by atoms with Crippen LogP contribution in [0.15, 0.2) is 0 Å². The Labute approximate surface area is 84.7 Å². The van der Waals surface area contributed by atoms with Crippen LogP contribution in [0.25, 0.3) is 0 Å². The molecule has 0 aliphatic carbocycles. The van der Waals surface area contributed by atoms with Crippen molar-refractivity contribution in [1.82, 2.24) is 20.2 Å². The van der Waals surface area contributed by atoms with Crippen molar-refractivity contribution in [2.24, 2.45) is 5.73 Å². The molecule has 0 spiro atoms. The third kappa shape index (κ3) is 2.09. The van der Waals surface area contributed by atoms with E-state index in [1.165, 1.54) is 0 Å². The number of hydrogen-bond acceptors (Lipinski definition) is 4. The zero-order valence-corrected chi connectivity index (χ0v) is 9.57. The van der Waals surface area contributed by atoms with Crippen LogP contribution in [0.2, 0.25) is 0 Å². The zero-order chi connectivity index (χ0) is 11.0. The second kappa shape index (κ2) is 3.31. The van der Waals surface area contributed by atoms with Crippen LogP contribution in [0, 0.1) is 0 Å². The molecule has 80 valence electrons. The molecular formula is C9H19N5. The van der Waals surface area contributed by atoms with E-state index in [1.54, 1.807) is 4.80 Å². The van der Waals surface area contributed by atoms with Crippen molar-refractivity contribution >= 4 is 0 Å². The SMILES string of the molecule is CC(C)(CN)c1nnn(C(C)(C)C)n1. The van der Waals surface area contributed by atoms with Crippen LogP contribution in [0.5, 0.6) is 0 Å². The molecule has 0 amide bonds. The molecule has 5 heteroatoms. The summed E-state index contributed by atoms with van der Waals surface area (Å²) in [5.74, 6) is 0.704. The van der Waals surface area contributed by atoms with Crippen molar-refractivity contribution in [3.8, 4) is 0 Å². The monoisotopic (exact) mass is 197 g/mol. The molecule has 1 rings (SSSR count). The molecule has 0 aliphatic heterocycles. The van der Waals surface area contributed by atoms with Crippen molar-refractivity contribution in [3.63, 3.8) is 0 Å². The lowest BCUT2D eigenvalue weighted by Gasteiger charge is -2.18. The quantitative estimate of drug-likeness (QED) is 0.756. The summed E-state index contributed by atoms with van der Waals surface area (Å²) >= 11 is 0. The summed E-state index contributed by atoms with van der Waals surface area (Å²) in [6.45, 7) is 10.6. The van der Waals surface area contributed by atoms with Gasteiger partial charge in [-0.05, 0) is 26.0 Å². The maximum atomic E-state index is 5.64. The molecule has 0 aliphatic rings. The van der Waals surface area contributed by atoms with Gasteiger partial charge in [0.2, 0.25) is 0 Å². The highest BCUT2D eigenvalue weighted by atomic mass is 15.6. The summed E-state index contributed by atoms with van der Waals surface area (Å²) < 4.78 is 0. The summed E-state index contributed by atoms with van der Waals surface area (Å²) in [7, 11) is 0. The van der Waals surface area contributed by atoms with Crippen LogP contribution in [-0.2, 0) is 11.0 Å². The highest BCUT2D eigenvalue weighted by Gasteiger charge is 2.26. The first-order valence-corrected chi connectivity index (χ1v) is 4.78. The van der Waals surface area contributed by atoms with Crippen molar-refractivity contribution in [2.75, 3.05) is 6.54 Å². The summed E-state index contributed by atoms with van der Waals surface area (Å²) in [5, 5.41) is 12.4. The van der Waals surface area contributed by atoms with Crippen molar-refractivity contribution < 1.29 is 0 Å². The summed E-state index contributed by atoms with van der Waals surface area (Å²) in [6, 6.07) is 0. The average molecular weight is 197 g/mol. The number of hydrogen-bond donors (Lipinski definition) is 1. The molecule has 0 fully saturated rings. The Bertz CT molecular complexity index is 307. The molecule has 0 aromatic carbocycles. The van der Waals surface area contributed by atoms with Crippen LogP contribution in [0.1, 0.15) is 40.4 Å². The maximum absolute atomic E-state index is 5.64. The minimum Gasteiger partial charge on any atom is -0.329 e. The van der Waals surface area contributed by atoms with Gasteiger partial charge in [0, 0.05) is 12.0 Å². The van der Waals surface area contributed by atoms with Crippen LogP contribution in [0.3, 0.4) is 0 Å². The summed E-state index contributed by atoms with van der Waals surface area (Å²) in [6.07, 6.45) is 0. The van der Waals surface area contributed by atoms with E-state index in [1.807, 2.05) is 34.6 Å². The second-order valence-corrected chi connectivity index (χ2v) is 5.16. The van der Waals surface area contributed by atoms with Gasteiger partial charge in [0.05, 0.1) is 5.54 Å². The van der Waals surface area contributed by atoms with Gasteiger partial charge in [-0.2, -0.15) is 4.80 Å². The van der Waals surface area contributed by atoms with E-state index in [9.17, 15) is 0 Å². The fourth-order valence-electron chi connectivity index (χ4n) is 0.861. The van der Waals surface area contributed by atoms with E-state index < -0.39 is 0 Å². The molecule has 5 nitrogen and oxygen atoms in total. The summed E-state index contributed by atoms with van der Waals surface area (Å²) in [5.41, 5.74) is 5.31. The first-order chi connectivity index (χ1) is 6.27. The first kappa shape index (κ1) is 11.1. The molecule has 14 heavy (non-hydrogen) atoms. The average Bonchev–Trinajstić information content (AvgIpc) is 2.51. The Morgan fingerprint density at radius 1 is 1.21 bits per heavy atom. The fourth-order valence-corrected chi connectivity index (χ4v) is 0.861. The predicted octanol–water partition coefficient (Wildman–Crippen LogP) is 0.664. The van der Waals surface area contributed by atoms with E-state index in [0.29, 0.717) is 12.4 Å². The van der Waals surface area contributed by atoms with Gasteiger partial charge in [0.15, 0.2) is 5.82 Å². The van der Waals surface area contributed by atoms with E-state index >= 15 is 0 Å². The van der Waals surface area contributed by atoms with E-state index in [-0.39, 0.29) is 11.0 Å². The molecule has 0 unspecified atom stereocenters. The second-order valence-electron chi connectivity index (χ2n) is 5.16. The Morgan fingerprint density at radius 2 is 1.79 bits per heavy atom. The minimum atomic E-state index is -0.205. The van der Waals surface area contributed by atoms with Crippen molar-refractivity contribution in [1.29, 1.82) is 0 Å². The maximum Gasteiger partial charge on any atom is 0.181 e. The minimum absolute atomic E-state index is 0.129. The molecule has 0 saturated heterocycles. The number of nitrogens with two attached hydrogens (primary N) is 1. The van der Waals surface area contributed by atoms with Crippen molar-refractivity contribution in [3.05, 3.63) is 5.82 Å². The molecule has 0 saturated carbocycles. The lowest BCUT2D eigenvalue weighted by atomic mass is 9.93. The lowest BCUT2D eigenvalue weighted by Crippen LogP contribution is -2.30. The third-order valence-electron chi connectivity index (χ3n) is 2.13. The van der Waals surface area contributed by atoms with Gasteiger partial charge in [-0.1, -0.05) is 13.8 Å². The Kier molecular flexibility index (Phi) is 2.63. The topological polar surface area (TPSA) is 69.6 Å². The van der Waals surface area contributed by atoms with Gasteiger partial charge in [0.25, 0.3) is 0 Å². The van der Waals surface area contributed by atoms with Gasteiger partial charge in [-0.25, -0.2) is 0 Å². The van der Waals surface area contributed by atoms with E-state index in [4.69, 9.17) is 5.73 Å². The fraction of sp³-hybridized carbons (Fsp3) is 0.889. The van der Waals surface area contributed by atoms with Gasteiger partial charge < -0.3 is 5.73 Å². The molecule has 1 heterocycles. The summed E-state index contributed by atoms with van der Waals surface area (Å²) in [4.78, 5) is 1.62. The first-order valence-electron chi connectivity index (χ1n) is 4.78. The number of aromatic nitrogens is 4.